The van der Waals surface area contributed by atoms with Gasteiger partial charge < -0.3 is 9.84 Å². The molecule has 2 rings (SSSR count). The van der Waals surface area contributed by atoms with Crippen molar-refractivity contribution in [3.8, 4) is 5.75 Å². The molecule has 2 N–H and O–H groups in total. The molecule has 0 spiro atoms. The second kappa shape index (κ2) is 6.44. The van der Waals surface area contributed by atoms with Gasteiger partial charge in [-0.25, -0.2) is 8.42 Å². The van der Waals surface area contributed by atoms with Gasteiger partial charge in [-0.2, -0.15) is 0 Å². The lowest BCUT2D eigenvalue weighted by Crippen LogP contribution is -2.51. The predicted molar refractivity (Wildman–Crippen MR) is 78.2 cm³/mol. The van der Waals surface area contributed by atoms with Gasteiger partial charge in [0.25, 0.3) is 0 Å². The number of carbonyl (C=O) groups is 1. The van der Waals surface area contributed by atoms with E-state index in [0.29, 0.717) is 12.4 Å². The topological polar surface area (TPSA) is 92.7 Å². The summed E-state index contributed by atoms with van der Waals surface area (Å²) in [5.41, 5.74) is 0.744. The van der Waals surface area contributed by atoms with E-state index in [-0.39, 0.29) is 11.5 Å². The Balaban J connectivity index is 2.14. The summed E-state index contributed by atoms with van der Waals surface area (Å²) in [6.07, 6.45) is 0.907. The minimum atomic E-state index is -3.37. The molecule has 116 valence electrons. The van der Waals surface area contributed by atoms with Gasteiger partial charge in [-0.05, 0) is 24.1 Å². The quantitative estimate of drug-likeness (QED) is 0.842. The van der Waals surface area contributed by atoms with Crippen molar-refractivity contribution in [1.82, 2.24) is 5.32 Å². The molecular formula is C14H19NO5S. The zero-order chi connectivity index (χ0) is 15.5. The smallest absolute Gasteiger partial charge is 0.321 e. The third-order valence-corrected chi connectivity index (χ3v) is 4.98. The van der Waals surface area contributed by atoms with Crippen LogP contribution >= 0.6 is 0 Å². The first-order valence-electron chi connectivity index (χ1n) is 6.83. The molecule has 1 fully saturated rings. The van der Waals surface area contributed by atoms with Crippen molar-refractivity contribution in [2.24, 2.45) is 0 Å². The maximum absolute atomic E-state index is 11.8. The number of benzene rings is 1. The molecule has 0 amide bonds. The summed E-state index contributed by atoms with van der Waals surface area (Å²) in [6.45, 7) is 2.63. The number of sulfone groups is 1. The number of hydrogen-bond donors (Lipinski definition) is 2. The first-order chi connectivity index (χ1) is 9.91. The molecule has 21 heavy (non-hydrogen) atoms. The Bertz CT molecular complexity index is 596. The van der Waals surface area contributed by atoms with Crippen molar-refractivity contribution in [3.63, 3.8) is 0 Å². The van der Waals surface area contributed by atoms with Gasteiger partial charge in [0.05, 0.1) is 18.1 Å². The second-order valence-electron chi connectivity index (χ2n) is 5.10. The Labute approximate surface area is 124 Å². The molecule has 0 radical (unpaired) electrons. The summed E-state index contributed by atoms with van der Waals surface area (Å²) >= 11 is 0. The van der Waals surface area contributed by atoms with E-state index in [1.807, 2.05) is 6.92 Å². The Morgan fingerprint density at radius 3 is 2.57 bits per heavy atom. The van der Waals surface area contributed by atoms with Crippen molar-refractivity contribution in [2.45, 2.75) is 25.4 Å². The van der Waals surface area contributed by atoms with Gasteiger partial charge in [0.15, 0.2) is 9.84 Å². The summed E-state index contributed by atoms with van der Waals surface area (Å²) < 4.78 is 29.1. The fourth-order valence-corrected chi connectivity index (χ4v) is 3.95. The second-order valence-corrected chi connectivity index (χ2v) is 7.26. The van der Waals surface area contributed by atoms with E-state index in [1.54, 1.807) is 24.3 Å². The first-order valence-corrected chi connectivity index (χ1v) is 8.65. The average Bonchev–Trinajstić information content (AvgIpc) is 2.44. The largest absolute Gasteiger partial charge is 0.494 e. The van der Waals surface area contributed by atoms with E-state index in [2.05, 4.69) is 5.32 Å². The molecule has 2 atom stereocenters. The normalized spacial score (nSPS) is 24.4. The highest BCUT2D eigenvalue weighted by Crippen LogP contribution is 2.23. The number of hydrogen-bond acceptors (Lipinski definition) is 5. The number of aliphatic carboxylic acids is 1. The van der Waals surface area contributed by atoms with E-state index in [4.69, 9.17) is 9.84 Å². The molecule has 1 aromatic rings. The molecule has 1 heterocycles. The fourth-order valence-electron chi connectivity index (χ4n) is 2.27. The third-order valence-electron chi connectivity index (χ3n) is 3.30. The predicted octanol–water partition coefficient (Wildman–Crippen LogP) is 0.988. The van der Waals surface area contributed by atoms with Gasteiger partial charge in [-0.1, -0.05) is 19.1 Å². The lowest BCUT2D eigenvalue weighted by atomic mass is 10.1. The van der Waals surface area contributed by atoms with E-state index < -0.39 is 27.9 Å². The van der Waals surface area contributed by atoms with Crippen LogP contribution in [0, 0.1) is 0 Å². The monoisotopic (exact) mass is 313 g/mol. The van der Waals surface area contributed by atoms with Crippen LogP contribution in [0.4, 0.5) is 0 Å². The Hall–Kier alpha value is -1.60. The van der Waals surface area contributed by atoms with Gasteiger partial charge >= 0.3 is 5.97 Å². The van der Waals surface area contributed by atoms with Crippen LogP contribution in [0.1, 0.15) is 24.9 Å². The van der Waals surface area contributed by atoms with Gasteiger partial charge in [-0.3, -0.25) is 10.1 Å². The lowest BCUT2D eigenvalue weighted by molar-refractivity contribution is -0.139. The number of ether oxygens (including phenoxy) is 1. The van der Waals surface area contributed by atoms with E-state index >= 15 is 0 Å². The van der Waals surface area contributed by atoms with Crippen molar-refractivity contribution >= 4 is 15.8 Å². The maximum atomic E-state index is 11.8. The van der Waals surface area contributed by atoms with E-state index in [1.165, 1.54) is 0 Å². The van der Waals surface area contributed by atoms with Crippen LogP contribution in [0.15, 0.2) is 24.3 Å². The summed E-state index contributed by atoms with van der Waals surface area (Å²) in [6, 6.07) is 5.49. The maximum Gasteiger partial charge on any atom is 0.321 e. The molecule has 0 bridgehead atoms. The van der Waals surface area contributed by atoms with E-state index in [9.17, 15) is 13.2 Å². The van der Waals surface area contributed by atoms with Gasteiger partial charge in [-0.15, -0.1) is 0 Å². The van der Waals surface area contributed by atoms with Gasteiger partial charge in [0.2, 0.25) is 0 Å². The van der Waals surface area contributed by atoms with Crippen LogP contribution in [-0.4, -0.2) is 43.6 Å². The van der Waals surface area contributed by atoms with Crippen LogP contribution in [0.25, 0.3) is 0 Å². The minimum absolute atomic E-state index is 0.0913. The van der Waals surface area contributed by atoms with Crippen LogP contribution in [0.3, 0.4) is 0 Å². The molecule has 1 saturated heterocycles. The Morgan fingerprint density at radius 1 is 1.33 bits per heavy atom. The zero-order valence-corrected chi connectivity index (χ0v) is 12.6. The molecular weight excluding hydrogens is 294 g/mol. The van der Waals surface area contributed by atoms with Crippen molar-refractivity contribution < 1.29 is 23.1 Å². The highest BCUT2D eigenvalue weighted by atomic mass is 32.2. The number of carboxylic acids is 1. The number of rotatable bonds is 5. The van der Waals surface area contributed by atoms with Gasteiger partial charge in [0.1, 0.15) is 11.8 Å². The lowest BCUT2D eigenvalue weighted by Gasteiger charge is -2.28. The molecule has 1 aliphatic heterocycles. The molecule has 1 aromatic carbocycles. The van der Waals surface area contributed by atoms with Crippen molar-refractivity contribution in [3.05, 3.63) is 29.8 Å². The zero-order valence-electron chi connectivity index (χ0n) is 11.8. The number of nitrogens with one attached hydrogen (secondary N) is 1. The molecule has 0 aliphatic carbocycles. The van der Waals surface area contributed by atoms with Crippen LogP contribution in [-0.2, 0) is 14.6 Å². The third kappa shape index (κ3) is 4.18. The highest BCUT2D eigenvalue weighted by molar-refractivity contribution is 7.91. The summed E-state index contributed by atoms with van der Waals surface area (Å²) in [5, 5.41) is 11.9. The SMILES string of the molecule is CCCOc1ccc(C2CS(=O)(=O)CC(C(=O)O)N2)cc1. The Kier molecular flexibility index (Phi) is 4.84. The molecule has 1 aliphatic rings. The van der Waals surface area contributed by atoms with Gasteiger partial charge in [0, 0.05) is 6.04 Å². The average molecular weight is 313 g/mol. The first kappa shape index (κ1) is 15.8. The highest BCUT2D eigenvalue weighted by Gasteiger charge is 2.35. The summed E-state index contributed by atoms with van der Waals surface area (Å²) in [5.74, 6) is -0.886. The molecule has 6 nitrogen and oxygen atoms in total. The van der Waals surface area contributed by atoms with Crippen molar-refractivity contribution in [1.29, 1.82) is 0 Å². The van der Waals surface area contributed by atoms with Crippen LogP contribution < -0.4 is 10.1 Å². The standard InChI is InChI=1S/C14H19NO5S/c1-2-7-20-11-5-3-10(4-6-11)12-8-21(18,19)9-13(15-12)14(16)17/h3-6,12-13,15H,2,7-9H2,1H3,(H,16,17). The molecule has 2 unspecified atom stereocenters. The molecule has 7 heteroatoms. The van der Waals surface area contributed by atoms with Crippen molar-refractivity contribution in [2.75, 3.05) is 18.1 Å². The Morgan fingerprint density at radius 2 is 2.00 bits per heavy atom. The van der Waals surface area contributed by atoms with E-state index in [0.717, 1.165) is 12.0 Å². The van der Waals surface area contributed by atoms with Crippen LogP contribution in [0.2, 0.25) is 0 Å². The molecule has 0 aromatic heterocycles. The van der Waals surface area contributed by atoms with Crippen LogP contribution in [0.5, 0.6) is 5.75 Å². The molecule has 0 saturated carbocycles. The minimum Gasteiger partial charge on any atom is -0.494 e. The number of carboxylic acid groups (broad SMARTS) is 1. The summed E-state index contributed by atoms with van der Waals surface area (Å²) in [7, 11) is -3.37. The fraction of sp³-hybridized carbons (Fsp3) is 0.500. The summed E-state index contributed by atoms with van der Waals surface area (Å²) in [4.78, 5) is 11.0.